The lowest BCUT2D eigenvalue weighted by molar-refractivity contribution is 0.273. The van der Waals surface area contributed by atoms with Crippen molar-refractivity contribution in [3.8, 4) is 5.69 Å². The standard InChI is InChI=1S/C20H28FN5.HI/c1-3-22-20(25-13-9-16(2)10-14-25)23-12-8-18-11-15-26(24-18)19-6-4-17(21)5-7-19;/h4-7,11,15-16H,3,8-10,12-14H2,1-2H3,(H,22,23);1H. The molecule has 1 N–H and O–H groups in total. The number of nitrogens with one attached hydrogen (secondary N) is 1. The van der Waals surface area contributed by atoms with Crippen molar-refractivity contribution in [3.63, 3.8) is 0 Å². The maximum Gasteiger partial charge on any atom is 0.193 e. The van der Waals surface area contributed by atoms with Crippen LogP contribution < -0.4 is 5.32 Å². The number of aliphatic imine (C=N–C) groups is 1. The average Bonchev–Trinajstić information content (AvgIpc) is 3.11. The molecule has 2 aromatic rings. The van der Waals surface area contributed by atoms with Crippen molar-refractivity contribution in [1.82, 2.24) is 20.0 Å². The van der Waals surface area contributed by atoms with E-state index >= 15 is 0 Å². The smallest absolute Gasteiger partial charge is 0.193 e. The molecule has 0 amide bonds. The van der Waals surface area contributed by atoms with Crippen LogP contribution in [0.3, 0.4) is 0 Å². The molecule has 7 heteroatoms. The summed E-state index contributed by atoms with van der Waals surface area (Å²) in [5, 5.41) is 7.97. The van der Waals surface area contributed by atoms with Crippen LogP contribution in [0.5, 0.6) is 0 Å². The molecule has 27 heavy (non-hydrogen) atoms. The molecule has 0 radical (unpaired) electrons. The number of likely N-dealkylation sites (tertiary alicyclic amines) is 1. The minimum atomic E-state index is -0.237. The van der Waals surface area contributed by atoms with Crippen molar-refractivity contribution < 1.29 is 4.39 Å². The molecule has 0 aliphatic carbocycles. The van der Waals surface area contributed by atoms with E-state index in [1.165, 1.54) is 25.0 Å². The number of rotatable bonds is 5. The highest BCUT2D eigenvalue weighted by molar-refractivity contribution is 14.0. The van der Waals surface area contributed by atoms with Crippen molar-refractivity contribution in [2.24, 2.45) is 10.9 Å². The van der Waals surface area contributed by atoms with Crippen LogP contribution in [0.2, 0.25) is 0 Å². The summed E-state index contributed by atoms with van der Waals surface area (Å²) in [6.07, 6.45) is 5.15. The molecule has 0 saturated carbocycles. The summed E-state index contributed by atoms with van der Waals surface area (Å²) in [7, 11) is 0. The van der Waals surface area contributed by atoms with Crippen LogP contribution in [0.4, 0.5) is 4.39 Å². The Bertz CT molecular complexity index is 720. The van der Waals surface area contributed by atoms with Crippen LogP contribution >= 0.6 is 24.0 Å². The van der Waals surface area contributed by atoms with Crippen molar-refractivity contribution in [2.75, 3.05) is 26.2 Å². The second-order valence-corrected chi connectivity index (χ2v) is 6.88. The highest BCUT2D eigenvalue weighted by Crippen LogP contribution is 2.16. The normalized spacial score (nSPS) is 15.5. The molecule has 0 atom stereocenters. The molecule has 0 bridgehead atoms. The Morgan fingerprint density at radius 1 is 1.22 bits per heavy atom. The third-order valence-electron chi connectivity index (χ3n) is 4.78. The third-order valence-corrected chi connectivity index (χ3v) is 4.78. The first-order valence-electron chi connectivity index (χ1n) is 9.49. The maximum absolute atomic E-state index is 13.0. The van der Waals surface area contributed by atoms with Gasteiger partial charge in [-0.05, 0) is 56.0 Å². The number of hydrogen-bond acceptors (Lipinski definition) is 2. The highest BCUT2D eigenvalue weighted by atomic mass is 127. The van der Waals surface area contributed by atoms with Gasteiger partial charge in [-0.1, -0.05) is 6.92 Å². The van der Waals surface area contributed by atoms with Gasteiger partial charge in [0.2, 0.25) is 0 Å². The first-order chi connectivity index (χ1) is 12.7. The van der Waals surface area contributed by atoms with Crippen molar-refractivity contribution in [3.05, 3.63) is 48.0 Å². The van der Waals surface area contributed by atoms with E-state index in [9.17, 15) is 4.39 Å². The second-order valence-electron chi connectivity index (χ2n) is 6.88. The Morgan fingerprint density at radius 2 is 1.93 bits per heavy atom. The molecule has 2 heterocycles. The zero-order valence-corrected chi connectivity index (χ0v) is 18.4. The van der Waals surface area contributed by atoms with Crippen molar-refractivity contribution in [1.29, 1.82) is 0 Å². The average molecular weight is 485 g/mol. The topological polar surface area (TPSA) is 45.5 Å². The van der Waals surface area contributed by atoms with Crippen LogP contribution in [0, 0.1) is 11.7 Å². The van der Waals surface area contributed by atoms with Crippen molar-refractivity contribution >= 4 is 29.9 Å². The number of nitrogens with zero attached hydrogens (tertiary/aromatic N) is 4. The fourth-order valence-corrected chi connectivity index (χ4v) is 3.16. The van der Waals surface area contributed by atoms with E-state index < -0.39 is 0 Å². The summed E-state index contributed by atoms with van der Waals surface area (Å²) < 4.78 is 14.8. The summed E-state index contributed by atoms with van der Waals surface area (Å²) in [6, 6.07) is 8.34. The molecule has 0 spiro atoms. The molecule has 1 fully saturated rings. The number of benzene rings is 1. The Labute approximate surface area is 178 Å². The zero-order valence-electron chi connectivity index (χ0n) is 16.1. The van der Waals surface area contributed by atoms with Crippen LogP contribution in [0.15, 0.2) is 41.5 Å². The lowest BCUT2D eigenvalue weighted by Crippen LogP contribution is -2.45. The molecule has 3 rings (SSSR count). The minimum Gasteiger partial charge on any atom is -0.357 e. The summed E-state index contributed by atoms with van der Waals surface area (Å²) in [4.78, 5) is 7.15. The fourth-order valence-electron chi connectivity index (χ4n) is 3.16. The van der Waals surface area contributed by atoms with Gasteiger partial charge in [-0.2, -0.15) is 5.10 Å². The van der Waals surface area contributed by atoms with E-state index in [4.69, 9.17) is 4.99 Å². The first kappa shape index (κ1) is 21.7. The Balaban J connectivity index is 0.00000261. The lowest BCUT2D eigenvalue weighted by atomic mass is 10.00. The van der Waals surface area contributed by atoms with E-state index in [2.05, 4.69) is 29.2 Å². The van der Waals surface area contributed by atoms with Gasteiger partial charge in [0.1, 0.15) is 5.82 Å². The predicted molar refractivity (Wildman–Crippen MR) is 119 cm³/mol. The molecule has 1 aliphatic rings. The fraction of sp³-hybridized carbons (Fsp3) is 0.500. The molecule has 0 unspecified atom stereocenters. The predicted octanol–water partition coefficient (Wildman–Crippen LogP) is 3.87. The number of piperidine rings is 1. The third kappa shape index (κ3) is 6.19. The van der Waals surface area contributed by atoms with Crippen LogP contribution in [0.1, 0.15) is 32.4 Å². The SMILES string of the molecule is CCNC(=NCCc1ccn(-c2ccc(F)cc2)n1)N1CCC(C)CC1.I. The molecular weight excluding hydrogens is 456 g/mol. The maximum atomic E-state index is 13.0. The second kappa shape index (κ2) is 10.6. The molecule has 1 saturated heterocycles. The monoisotopic (exact) mass is 485 g/mol. The van der Waals surface area contributed by atoms with Gasteiger partial charge >= 0.3 is 0 Å². The largest absolute Gasteiger partial charge is 0.357 e. The first-order valence-corrected chi connectivity index (χ1v) is 9.49. The quantitative estimate of drug-likeness (QED) is 0.398. The van der Waals surface area contributed by atoms with Gasteiger partial charge in [-0.15, -0.1) is 24.0 Å². The molecule has 1 aromatic heterocycles. The van der Waals surface area contributed by atoms with Gasteiger partial charge in [0, 0.05) is 38.8 Å². The van der Waals surface area contributed by atoms with Gasteiger partial charge in [-0.3, -0.25) is 4.99 Å². The van der Waals surface area contributed by atoms with Crippen LogP contribution in [-0.2, 0) is 6.42 Å². The van der Waals surface area contributed by atoms with E-state index in [-0.39, 0.29) is 29.8 Å². The molecular formula is C20H29FIN5. The van der Waals surface area contributed by atoms with E-state index in [1.807, 2.05) is 12.3 Å². The van der Waals surface area contributed by atoms with Gasteiger partial charge in [0.15, 0.2) is 5.96 Å². The number of halogens is 2. The van der Waals surface area contributed by atoms with Gasteiger partial charge in [-0.25, -0.2) is 9.07 Å². The zero-order chi connectivity index (χ0) is 18.4. The Morgan fingerprint density at radius 3 is 2.59 bits per heavy atom. The molecule has 5 nitrogen and oxygen atoms in total. The summed E-state index contributed by atoms with van der Waals surface area (Å²) >= 11 is 0. The highest BCUT2D eigenvalue weighted by Gasteiger charge is 2.18. The number of aromatic nitrogens is 2. The van der Waals surface area contributed by atoms with E-state index in [1.54, 1.807) is 16.8 Å². The van der Waals surface area contributed by atoms with Gasteiger partial charge in [0.05, 0.1) is 11.4 Å². The summed E-state index contributed by atoms with van der Waals surface area (Å²) in [6.45, 7) is 8.16. The van der Waals surface area contributed by atoms with E-state index in [0.717, 1.165) is 49.3 Å². The van der Waals surface area contributed by atoms with Crippen LogP contribution in [-0.4, -0.2) is 46.8 Å². The summed E-state index contributed by atoms with van der Waals surface area (Å²) in [5.74, 6) is 1.58. The Kier molecular flexibility index (Phi) is 8.53. The van der Waals surface area contributed by atoms with Crippen LogP contribution in [0.25, 0.3) is 5.69 Å². The summed E-state index contributed by atoms with van der Waals surface area (Å²) in [5.41, 5.74) is 1.85. The Hall–Kier alpha value is -1.64. The molecule has 1 aromatic carbocycles. The number of hydrogen-bond donors (Lipinski definition) is 1. The molecule has 148 valence electrons. The lowest BCUT2D eigenvalue weighted by Gasteiger charge is -2.33. The minimum absolute atomic E-state index is 0. The number of guanidine groups is 1. The van der Waals surface area contributed by atoms with Gasteiger partial charge in [0.25, 0.3) is 0 Å². The van der Waals surface area contributed by atoms with Crippen molar-refractivity contribution in [2.45, 2.75) is 33.1 Å². The van der Waals surface area contributed by atoms with E-state index in [0.29, 0.717) is 6.54 Å². The van der Waals surface area contributed by atoms with Gasteiger partial charge < -0.3 is 10.2 Å². The molecule has 1 aliphatic heterocycles.